The predicted octanol–water partition coefficient (Wildman–Crippen LogP) is 6.30. The third kappa shape index (κ3) is 4.04. The standard InChI is InChI=1S/C30H22N4O/c35-30(23-19-27(20-11-3-1-4-12-20)31-24-16-8-7-15-22(23)24)34-28(21-13-5-2-6-14-21)29-32-25-17-9-10-18-26(25)33-29/h1-19,28H,(H,32,33)(H,34,35). The van der Waals surface area contributed by atoms with Gasteiger partial charge in [0.25, 0.3) is 5.91 Å². The summed E-state index contributed by atoms with van der Waals surface area (Å²) in [6, 6.07) is 36.8. The smallest absolute Gasteiger partial charge is 0.252 e. The summed E-state index contributed by atoms with van der Waals surface area (Å²) in [6.45, 7) is 0. The molecule has 0 aliphatic heterocycles. The van der Waals surface area contributed by atoms with E-state index in [4.69, 9.17) is 9.97 Å². The molecule has 6 aromatic rings. The lowest BCUT2D eigenvalue weighted by Crippen LogP contribution is -2.30. The minimum absolute atomic E-state index is 0.185. The number of aromatic nitrogens is 3. The molecule has 4 aromatic carbocycles. The van der Waals surface area contributed by atoms with Gasteiger partial charge in [0.15, 0.2) is 0 Å². The maximum absolute atomic E-state index is 13.8. The Labute approximate surface area is 202 Å². The van der Waals surface area contributed by atoms with Crippen molar-refractivity contribution in [3.8, 4) is 11.3 Å². The molecule has 2 heterocycles. The van der Waals surface area contributed by atoms with Crippen molar-refractivity contribution in [1.82, 2.24) is 20.3 Å². The maximum atomic E-state index is 13.8. The zero-order valence-corrected chi connectivity index (χ0v) is 18.8. The van der Waals surface area contributed by atoms with E-state index in [1.54, 1.807) is 0 Å². The van der Waals surface area contributed by atoms with Crippen molar-refractivity contribution in [2.45, 2.75) is 6.04 Å². The molecule has 0 aliphatic carbocycles. The van der Waals surface area contributed by atoms with Gasteiger partial charge in [-0.3, -0.25) is 4.79 Å². The van der Waals surface area contributed by atoms with E-state index in [9.17, 15) is 4.79 Å². The molecular weight excluding hydrogens is 432 g/mol. The molecule has 6 rings (SSSR count). The number of fused-ring (bicyclic) bond motifs is 2. The first-order valence-corrected chi connectivity index (χ1v) is 11.5. The van der Waals surface area contributed by atoms with E-state index in [1.807, 2.05) is 115 Å². The molecule has 1 unspecified atom stereocenters. The summed E-state index contributed by atoms with van der Waals surface area (Å²) in [5, 5.41) is 4.04. The number of carbonyl (C=O) groups excluding carboxylic acids is 1. The normalized spacial score (nSPS) is 12.0. The summed E-state index contributed by atoms with van der Waals surface area (Å²) in [6.07, 6.45) is 0. The van der Waals surface area contributed by atoms with Gasteiger partial charge < -0.3 is 10.3 Å². The Kier molecular flexibility index (Phi) is 5.28. The van der Waals surface area contributed by atoms with Crippen LogP contribution in [0.15, 0.2) is 115 Å². The average molecular weight is 455 g/mol. The van der Waals surface area contributed by atoms with Crippen LogP contribution in [-0.2, 0) is 0 Å². The first kappa shape index (κ1) is 20.8. The van der Waals surface area contributed by atoms with Crippen molar-refractivity contribution in [1.29, 1.82) is 0 Å². The van der Waals surface area contributed by atoms with Gasteiger partial charge in [-0.05, 0) is 29.8 Å². The number of aromatic amines is 1. The van der Waals surface area contributed by atoms with E-state index in [0.717, 1.165) is 38.8 Å². The lowest BCUT2D eigenvalue weighted by molar-refractivity contribution is 0.0943. The molecule has 0 bridgehead atoms. The number of pyridine rings is 1. The highest BCUT2D eigenvalue weighted by Crippen LogP contribution is 2.27. The molecule has 5 nitrogen and oxygen atoms in total. The van der Waals surface area contributed by atoms with Crippen molar-refractivity contribution >= 4 is 27.8 Å². The fourth-order valence-corrected chi connectivity index (χ4v) is 4.39. The Balaban J connectivity index is 1.45. The summed E-state index contributed by atoms with van der Waals surface area (Å²) in [5.74, 6) is 0.502. The van der Waals surface area contributed by atoms with Crippen LogP contribution in [0.25, 0.3) is 33.2 Å². The van der Waals surface area contributed by atoms with Gasteiger partial charge in [-0.1, -0.05) is 91.0 Å². The van der Waals surface area contributed by atoms with Crippen LogP contribution < -0.4 is 5.32 Å². The van der Waals surface area contributed by atoms with Crippen LogP contribution in [0.4, 0.5) is 0 Å². The van der Waals surface area contributed by atoms with Crippen LogP contribution in [0.1, 0.15) is 27.8 Å². The minimum atomic E-state index is -0.441. The van der Waals surface area contributed by atoms with E-state index in [2.05, 4.69) is 10.3 Å². The van der Waals surface area contributed by atoms with Gasteiger partial charge in [0.05, 0.1) is 27.8 Å². The van der Waals surface area contributed by atoms with Gasteiger partial charge in [0.2, 0.25) is 0 Å². The SMILES string of the molecule is O=C(NC(c1ccccc1)c1nc2ccccc2[nH]1)c1cc(-c2ccccc2)nc2ccccc12. The van der Waals surface area contributed by atoms with Crippen molar-refractivity contribution < 1.29 is 4.79 Å². The molecule has 0 aliphatic rings. The molecule has 0 saturated carbocycles. The van der Waals surface area contributed by atoms with Crippen LogP contribution in [0.5, 0.6) is 0 Å². The van der Waals surface area contributed by atoms with E-state index in [-0.39, 0.29) is 5.91 Å². The average Bonchev–Trinajstić information content (AvgIpc) is 3.36. The van der Waals surface area contributed by atoms with Crippen LogP contribution in [0.3, 0.4) is 0 Å². The van der Waals surface area contributed by atoms with E-state index >= 15 is 0 Å². The monoisotopic (exact) mass is 454 g/mol. The Morgan fingerprint density at radius 3 is 2.14 bits per heavy atom. The lowest BCUT2D eigenvalue weighted by Gasteiger charge is -2.18. The van der Waals surface area contributed by atoms with Crippen molar-refractivity contribution in [3.63, 3.8) is 0 Å². The zero-order chi connectivity index (χ0) is 23.6. The number of carbonyl (C=O) groups is 1. The molecule has 35 heavy (non-hydrogen) atoms. The van der Waals surface area contributed by atoms with Crippen molar-refractivity contribution in [3.05, 3.63) is 132 Å². The highest BCUT2D eigenvalue weighted by molar-refractivity contribution is 6.07. The number of nitrogens with zero attached hydrogens (tertiary/aromatic N) is 2. The Hall–Kier alpha value is -4.77. The fourth-order valence-electron chi connectivity index (χ4n) is 4.39. The number of H-pyrrole nitrogens is 1. The number of para-hydroxylation sites is 3. The second-order valence-electron chi connectivity index (χ2n) is 8.39. The Morgan fingerprint density at radius 2 is 1.37 bits per heavy atom. The molecule has 2 aromatic heterocycles. The quantitative estimate of drug-likeness (QED) is 0.321. The second kappa shape index (κ2) is 8.88. The number of imidazole rings is 1. The number of amides is 1. The summed E-state index contributed by atoms with van der Waals surface area (Å²) in [4.78, 5) is 26.8. The molecule has 0 radical (unpaired) electrons. The van der Waals surface area contributed by atoms with Crippen molar-refractivity contribution in [2.24, 2.45) is 0 Å². The molecular formula is C30H22N4O. The van der Waals surface area contributed by atoms with Gasteiger partial charge in [-0.25, -0.2) is 9.97 Å². The summed E-state index contributed by atoms with van der Waals surface area (Å²) < 4.78 is 0. The second-order valence-corrected chi connectivity index (χ2v) is 8.39. The predicted molar refractivity (Wildman–Crippen MR) is 139 cm³/mol. The molecule has 0 spiro atoms. The third-order valence-electron chi connectivity index (χ3n) is 6.12. The summed E-state index contributed by atoms with van der Waals surface area (Å²) in [5.41, 5.74) is 5.81. The maximum Gasteiger partial charge on any atom is 0.252 e. The number of hydrogen-bond donors (Lipinski definition) is 2. The number of benzene rings is 4. The van der Waals surface area contributed by atoms with Gasteiger partial charge in [-0.15, -0.1) is 0 Å². The molecule has 5 heteroatoms. The molecule has 0 fully saturated rings. The fraction of sp³-hybridized carbons (Fsp3) is 0.0333. The van der Waals surface area contributed by atoms with Crippen LogP contribution in [0, 0.1) is 0 Å². The van der Waals surface area contributed by atoms with Gasteiger partial charge in [-0.2, -0.15) is 0 Å². The summed E-state index contributed by atoms with van der Waals surface area (Å²) >= 11 is 0. The first-order chi connectivity index (χ1) is 17.3. The molecule has 2 N–H and O–H groups in total. The Morgan fingerprint density at radius 1 is 0.714 bits per heavy atom. The van der Waals surface area contributed by atoms with Gasteiger partial charge >= 0.3 is 0 Å². The van der Waals surface area contributed by atoms with Crippen LogP contribution >= 0.6 is 0 Å². The highest BCUT2D eigenvalue weighted by Gasteiger charge is 2.23. The van der Waals surface area contributed by atoms with Gasteiger partial charge in [0.1, 0.15) is 11.9 Å². The van der Waals surface area contributed by atoms with E-state index < -0.39 is 6.04 Å². The number of hydrogen-bond acceptors (Lipinski definition) is 3. The minimum Gasteiger partial charge on any atom is -0.340 e. The van der Waals surface area contributed by atoms with E-state index in [0.29, 0.717) is 11.4 Å². The lowest BCUT2D eigenvalue weighted by atomic mass is 10.0. The van der Waals surface area contributed by atoms with Crippen molar-refractivity contribution in [2.75, 3.05) is 0 Å². The number of rotatable bonds is 5. The van der Waals surface area contributed by atoms with E-state index in [1.165, 1.54) is 0 Å². The first-order valence-electron chi connectivity index (χ1n) is 11.5. The molecule has 0 saturated heterocycles. The zero-order valence-electron chi connectivity index (χ0n) is 18.8. The number of nitrogens with one attached hydrogen (secondary N) is 2. The van der Waals surface area contributed by atoms with Crippen LogP contribution in [0.2, 0.25) is 0 Å². The highest BCUT2D eigenvalue weighted by atomic mass is 16.1. The molecule has 1 atom stereocenters. The molecule has 168 valence electrons. The third-order valence-corrected chi connectivity index (χ3v) is 6.12. The largest absolute Gasteiger partial charge is 0.340 e. The van der Waals surface area contributed by atoms with Crippen LogP contribution in [-0.4, -0.2) is 20.9 Å². The Bertz CT molecular complexity index is 1610. The molecule has 1 amide bonds. The van der Waals surface area contributed by atoms with Gasteiger partial charge in [0, 0.05) is 10.9 Å². The summed E-state index contributed by atoms with van der Waals surface area (Å²) in [7, 11) is 0. The topological polar surface area (TPSA) is 70.7 Å².